The molecule has 354 valence electrons. The summed E-state index contributed by atoms with van der Waals surface area (Å²) in [6.45, 7) is 0. The van der Waals surface area contributed by atoms with Gasteiger partial charge < -0.3 is 0 Å². The molecule has 0 bridgehead atoms. The lowest BCUT2D eigenvalue weighted by molar-refractivity contribution is 1.77. The molecule has 0 amide bonds. The third-order valence-corrected chi connectivity index (χ3v) is 15.5. The van der Waals surface area contributed by atoms with Gasteiger partial charge in [0.1, 0.15) is 0 Å². The smallest absolute Gasteiger partial charge is 0.00204 e. The molecule has 0 heterocycles. The molecule has 17 aromatic carbocycles. The summed E-state index contributed by atoms with van der Waals surface area (Å²) in [4.78, 5) is 0. The first-order valence-electron chi connectivity index (χ1n) is 26.3. The standard InChI is InChI=1S/C22H14.3C18H12/c1-2-8-16-15(7-1)13-14-21-19-11-4-3-9-17(19)18-10-5-6-12-20(18)22(16)21;1-3-7-16-13(5-1)9-11-15-12-10-14-6-2-4-8-17(14)18(15)16;1-2-8-14-13(7-1)15-9-3-4-11-17(15)18-12-6-5-10-16(14)18;1-2-7-15-12-18-16(11-14(15)6-1)10-9-13-5-3-4-8-17(13)18/h1-14H;3*1-12H. The zero-order chi connectivity index (χ0) is 50.4. The molecule has 0 saturated carbocycles. The molecular formula is C76H50. The maximum Gasteiger partial charge on any atom is -0.00204 e. The lowest BCUT2D eigenvalue weighted by Crippen LogP contribution is -1.84. The molecule has 0 unspecified atom stereocenters. The fourth-order valence-corrected chi connectivity index (χ4v) is 12.0. The highest BCUT2D eigenvalue weighted by Crippen LogP contribution is 2.39. The van der Waals surface area contributed by atoms with Crippen LogP contribution in [0.15, 0.2) is 303 Å². The molecular weight excluding hydrogens is 913 g/mol. The fraction of sp³-hybridized carbons (Fsp3) is 0. The van der Waals surface area contributed by atoms with Gasteiger partial charge in [0.15, 0.2) is 0 Å². The Bertz CT molecular complexity index is 4690. The number of fused-ring (bicyclic) bond motifs is 23. The van der Waals surface area contributed by atoms with E-state index in [1.807, 2.05) is 0 Å². The molecule has 0 fully saturated rings. The molecule has 76 heavy (non-hydrogen) atoms. The fourth-order valence-electron chi connectivity index (χ4n) is 12.0. The molecule has 0 heteroatoms. The summed E-state index contributed by atoms with van der Waals surface area (Å²) in [5.41, 5.74) is 0. The Labute approximate surface area is 440 Å². The van der Waals surface area contributed by atoms with Gasteiger partial charge in [-0.1, -0.05) is 291 Å². The number of benzene rings is 17. The van der Waals surface area contributed by atoms with E-state index in [2.05, 4.69) is 303 Å². The maximum atomic E-state index is 2.30. The summed E-state index contributed by atoms with van der Waals surface area (Å²) in [5.74, 6) is 0. The minimum absolute atomic E-state index is 1.30. The summed E-state index contributed by atoms with van der Waals surface area (Å²) in [6, 6.07) is 109. The largest absolute Gasteiger partial charge is 0.0616 e. The number of hydrogen-bond acceptors (Lipinski definition) is 0. The Morgan fingerprint density at radius 2 is 0.342 bits per heavy atom. The lowest BCUT2D eigenvalue weighted by atomic mass is 9.91. The third-order valence-electron chi connectivity index (χ3n) is 15.5. The average molecular weight is 963 g/mol. The Kier molecular flexibility index (Phi) is 11.3. The van der Waals surface area contributed by atoms with Crippen LogP contribution in [0, 0.1) is 0 Å². The van der Waals surface area contributed by atoms with Crippen molar-refractivity contribution in [1.82, 2.24) is 0 Å². The van der Waals surface area contributed by atoms with E-state index in [9.17, 15) is 0 Å². The highest BCUT2D eigenvalue weighted by Gasteiger charge is 2.11. The van der Waals surface area contributed by atoms with Crippen LogP contribution in [0.25, 0.3) is 140 Å². The van der Waals surface area contributed by atoms with Crippen LogP contribution in [0.5, 0.6) is 0 Å². The van der Waals surface area contributed by atoms with Crippen LogP contribution < -0.4 is 0 Å². The predicted octanol–water partition coefficient (Wildman–Crippen LogP) is 21.7. The highest BCUT2D eigenvalue weighted by molar-refractivity contribution is 6.31. The molecule has 0 N–H and O–H groups in total. The quantitative estimate of drug-likeness (QED) is 0.105. The van der Waals surface area contributed by atoms with Gasteiger partial charge in [0, 0.05) is 0 Å². The molecule has 0 saturated heterocycles. The van der Waals surface area contributed by atoms with Crippen molar-refractivity contribution in [1.29, 1.82) is 0 Å². The van der Waals surface area contributed by atoms with Crippen LogP contribution >= 0.6 is 0 Å². The first-order valence-corrected chi connectivity index (χ1v) is 26.3. The van der Waals surface area contributed by atoms with Crippen LogP contribution in [0.2, 0.25) is 0 Å². The Hall–Kier alpha value is -9.88. The van der Waals surface area contributed by atoms with E-state index in [0.717, 1.165) is 0 Å². The Balaban J connectivity index is 0.0000000930. The van der Waals surface area contributed by atoms with E-state index in [-0.39, 0.29) is 0 Å². The van der Waals surface area contributed by atoms with E-state index >= 15 is 0 Å². The molecule has 0 aliphatic rings. The number of rotatable bonds is 0. The zero-order valence-corrected chi connectivity index (χ0v) is 41.9. The Morgan fingerprint density at radius 1 is 0.105 bits per heavy atom. The van der Waals surface area contributed by atoms with E-state index in [1.54, 1.807) is 0 Å². The molecule has 0 radical (unpaired) electrons. The van der Waals surface area contributed by atoms with Gasteiger partial charge in [0.2, 0.25) is 0 Å². The predicted molar refractivity (Wildman–Crippen MR) is 333 cm³/mol. The van der Waals surface area contributed by atoms with Gasteiger partial charge in [-0.25, -0.2) is 0 Å². The van der Waals surface area contributed by atoms with Crippen LogP contribution in [-0.4, -0.2) is 0 Å². The normalized spacial score (nSPS) is 11.4. The highest BCUT2D eigenvalue weighted by atomic mass is 14.1. The summed E-state index contributed by atoms with van der Waals surface area (Å²) in [7, 11) is 0. The number of hydrogen-bond donors (Lipinski definition) is 0. The maximum absolute atomic E-state index is 2.30. The van der Waals surface area contributed by atoms with E-state index in [4.69, 9.17) is 0 Å². The zero-order valence-electron chi connectivity index (χ0n) is 41.9. The molecule has 0 aliphatic carbocycles. The monoisotopic (exact) mass is 962 g/mol. The van der Waals surface area contributed by atoms with Gasteiger partial charge in [-0.2, -0.15) is 0 Å². The second-order valence-electron chi connectivity index (χ2n) is 19.8. The lowest BCUT2D eigenvalue weighted by Gasteiger charge is -2.12. The van der Waals surface area contributed by atoms with Gasteiger partial charge >= 0.3 is 0 Å². The first kappa shape index (κ1) is 44.8. The summed E-state index contributed by atoms with van der Waals surface area (Å²) in [6.07, 6.45) is 0. The van der Waals surface area contributed by atoms with Crippen molar-refractivity contribution in [3.8, 4) is 0 Å². The minimum Gasteiger partial charge on any atom is -0.0616 e. The van der Waals surface area contributed by atoms with Gasteiger partial charge in [0.05, 0.1) is 0 Å². The van der Waals surface area contributed by atoms with Gasteiger partial charge in [-0.15, -0.1) is 0 Å². The molecule has 17 aromatic rings. The molecule has 17 rings (SSSR count). The van der Waals surface area contributed by atoms with Gasteiger partial charge in [-0.05, 0) is 152 Å². The van der Waals surface area contributed by atoms with Crippen LogP contribution in [0.3, 0.4) is 0 Å². The SMILES string of the molecule is c1ccc2c(c1)c1ccccc1c1ccccc21.c1ccc2c(c1)ccc1c3ccccc3c3ccccc3c21.c1ccc2c(c1)ccc1ccc3ccccc3c12.c1ccc2cc3c(ccc4ccccc43)cc2c1. The van der Waals surface area contributed by atoms with E-state index in [0.29, 0.717) is 0 Å². The molecule has 0 aromatic heterocycles. The summed E-state index contributed by atoms with van der Waals surface area (Å²) < 4.78 is 0. The van der Waals surface area contributed by atoms with Gasteiger partial charge in [0.25, 0.3) is 0 Å². The van der Waals surface area contributed by atoms with Crippen molar-refractivity contribution >= 4 is 140 Å². The molecule has 0 spiro atoms. The summed E-state index contributed by atoms with van der Waals surface area (Å²) in [5, 5.41) is 34.6. The second kappa shape index (κ2) is 19.2. The first-order chi connectivity index (χ1) is 37.7. The Morgan fingerprint density at radius 3 is 0.750 bits per heavy atom. The van der Waals surface area contributed by atoms with Crippen molar-refractivity contribution in [2.75, 3.05) is 0 Å². The van der Waals surface area contributed by atoms with Crippen molar-refractivity contribution in [3.63, 3.8) is 0 Å². The molecule has 0 atom stereocenters. The third kappa shape index (κ3) is 7.87. The molecule has 0 nitrogen and oxygen atoms in total. The van der Waals surface area contributed by atoms with Crippen LogP contribution in [0.1, 0.15) is 0 Å². The summed E-state index contributed by atoms with van der Waals surface area (Å²) >= 11 is 0. The minimum atomic E-state index is 1.30. The van der Waals surface area contributed by atoms with Crippen molar-refractivity contribution in [2.24, 2.45) is 0 Å². The van der Waals surface area contributed by atoms with Gasteiger partial charge in [-0.3, -0.25) is 0 Å². The molecule has 0 aliphatic heterocycles. The van der Waals surface area contributed by atoms with Crippen molar-refractivity contribution in [3.05, 3.63) is 303 Å². The van der Waals surface area contributed by atoms with Crippen LogP contribution in [0.4, 0.5) is 0 Å². The average Bonchev–Trinajstić information content (AvgIpc) is 3.57. The topological polar surface area (TPSA) is 0 Å². The van der Waals surface area contributed by atoms with Crippen molar-refractivity contribution < 1.29 is 0 Å². The second-order valence-corrected chi connectivity index (χ2v) is 19.8. The van der Waals surface area contributed by atoms with E-state index < -0.39 is 0 Å². The van der Waals surface area contributed by atoms with Crippen molar-refractivity contribution in [2.45, 2.75) is 0 Å². The van der Waals surface area contributed by atoms with Crippen LogP contribution in [-0.2, 0) is 0 Å². The van der Waals surface area contributed by atoms with E-state index in [1.165, 1.54) is 140 Å².